The molecular weight excluding hydrogens is 505 g/mol. The molecule has 3 aromatic carbocycles. The van der Waals surface area contributed by atoms with Crippen LogP contribution < -0.4 is 10.9 Å². The highest BCUT2D eigenvalue weighted by Crippen LogP contribution is 2.31. The third kappa shape index (κ3) is 6.13. The first-order valence-corrected chi connectivity index (χ1v) is 12.9. The van der Waals surface area contributed by atoms with Crippen molar-refractivity contribution in [3.63, 3.8) is 0 Å². The van der Waals surface area contributed by atoms with Gasteiger partial charge in [-0.3, -0.25) is 9.36 Å². The lowest BCUT2D eigenvalue weighted by atomic mass is 10.1. The van der Waals surface area contributed by atoms with Gasteiger partial charge in [0, 0.05) is 12.2 Å². The molecule has 0 radical (unpaired) electrons. The minimum absolute atomic E-state index is 0.0327. The second-order valence-corrected chi connectivity index (χ2v) is 9.50. The lowest BCUT2D eigenvalue weighted by Gasteiger charge is -2.31. The number of amides is 2. The number of hydrogen-bond acceptors (Lipinski definition) is 3. The van der Waals surface area contributed by atoms with Crippen LogP contribution in [-0.4, -0.2) is 27.0 Å². The summed E-state index contributed by atoms with van der Waals surface area (Å²) in [7, 11) is 0. The number of alkyl halides is 3. The van der Waals surface area contributed by atoms with Gasteiger partial charge in [0.05, 0.1) is 28.2 Å². The number of aromatic nitrogens is 2. The predicted octanol–water partition coefficient (Wildman–Crippen LogP) is 7.50. The number of nitrogens with zero attached hydrogens (tertiary/aromatic N) is 3. The fraction of sp³-hybridized carbons (Fsp3) is 0.300. The molecule has 1 aromatic heterocycles. The number of rotatable bonds is 8. The summed E-state index contributed by atoms with van der Waals surface area (Å²) in [6.45, 7) is 6.04. The predicted molar refractivity (Wildman–Crippen MR) is 147 cm³/mol. The number of anilines is 1. The van der Waals surface area contributed by atoms with Crippen LogP contribution in [0.5, 0.6) is 0 Å². The molecule has 0 aliphatic heterocycles. The zero-order valence-electron chi connectivity index (χ0n) is 22.1. The number of aryl methyl sites for hydroxylation is 1. The number of unbranched alkanes of at least 4 members (excludes halogenated alkanes) is 2. The normalized spacial score (nSPS) is 12.4. The van der Waals surface area contributed by atoms with Crippen molar-refractivity contribution >= 4 is 22.6 Å². The van der Waals surface area contributed by atoms with Crippen LogP contribution >= 0.6 is 0 Å². The van der Waals surface area contributed by atoms with Crippen molar-refractivity contribution in [2.75, 3.05) is 11.9 Å². The molecule has 0 fully saturated rings. The zero-order valence-corrected chi connectivity index (χ0v) is 22.1. The van der Waals surface area contributed by atoms with Crippen LogP contribution in [0.25, 0.3) is 16.6 Å². The average Bonchev–Trinajstić information content (AvgIpc) is 2.91. The number of fused-ring (bicyclic) bond motifs is 1. The van der Waals surface area contributed by atoms with Gasteiger partial charge < -0.3 is 10.2 Å². The molecule has 1 unspecified atom stereocenters. The number of carbonyl (C=O) groups excluding carboxylic acids is 1. The van der Waals surface area contributed by atoms with E-state index < -0.39 is 23.8 Å². The van der Waals surface area contributed by atoms with E-state index in [0.717, 1.165) is 30.5 Å². The van der Waals surface area contributed by atoms with E-state index in [1.807, 2.05) is 38.1 Å². The first-order chi connectivity index (χ1) is 18.6. The Hall–Kier alpha value is -4.14. The summed E-state index contributed by atoms with van der Waals surface area (Å²) in [5, 5.41) is 3.07. The number of nitrogens with one attached hydrogen (secondary N) is 1. The van der Waals surface area contributed by atoms with Gasteiger partial charge in [0.2, 0.25) is 0 Å². The van der Waals surface area contributed by atoms with E-state index >= 15 is 0 Å². The summed E-state index contributed by atoms with van der Waals surface area (Å²) in [5.41, 5.74) is 0.927. The number of urea groups is 1. The van der Waals surface area contributed by atoms with Gasteiger partial charge in [-0.25, -0.2) is 9.78 Å². The molecule has 1 atom stereocenters. The van der Waals surface area contributed by atoms with Gasteiger partial charge in [-0.05, 0) is 62.2 Å². The Morgan fingerprint density at radius 3 is 2.46 bits per heavy atom. The van der Waals surface area contributed by atoms with Gasteiger partial charge in [0.1, 0.15) is 5.82 Å². The highest BCUT2D eigenvalue weighted by atomic mass is 19.4. The van der Waals surface area contributed by atoms with Gasteiger partial charge in [-0.2, -0.15) is 13.2 Å². The van der Waals surface area contributed by atoms with Gasteiger partial charge in [-0.15, -0.1) is 0 Å². The number of carbonyl (C=O) groups is 1. The molecule has 0 aliphatic carbocycles. The standard InChI is InChI=1S/C30H31F3N4O2/c1-4-5-10-18-36(29(39)34-23-14-11-13-22(19-23)30(31,32)33)21(3)27-35-25-16-8-7-15-24(25)28(38)37(27)26-17-9-6-12-20(26)2/h6-9,11-17,19,21H,4-5,10,18H2,1-3H3,(H,34,39). The summed E-state index contributed by atoms with van der Waals surface area (Å²) in [6, 6.07) is 17.7. The van der Waals surface area contributed by atoms with Crippen molar-refractivity contribution in [3.8, 4) is 5.69 Å². The van der Waals surface area contributed by atoms with Crippen molar-refractivity contribution in [1.29, 1.82) is 0 Å². The summed E-state index contributed by atoms with van der Waals surface area (Å²) in [5.74, 6) is 0.365. The maximum absolute atomic E-state index is 13.8. The summed E-state index contributed by atoms with van der Waals surface area (Å²) >= 11 is 0. The van der Waals surface area contributed by atoms with Crippen molar-refractivity contribution < 1.29 is 18.0 Å². The molecule has 204 valence electrons. The summed E-state index contributed by atoms with van der Waals surface area (Å²) in [4.78, 5) is 33.7. The van der Waals surface area contributed by atoms with Crippen LogP contribution in [-0.2, 0) is 6.18 Å². The minimum atomic E-state index is -4.53. The van der Waals surface area contributed by atoms with E-state index in [1.165, 1.54) is 21.6 Å². The minimum Gasteiger partial charge on any atom is -0.315 e. The highest BCUT2D eigenvalue weighted by Gasteiger charge is 2.31. The number of benzene rings is 3. The smallest absolute Gasteiger partial charge is 0.315 e. The monoisotopic (exact) mass is 536 g/mol. The van der Waals surface area contributed by atoms with Crippen LogP contribution in [0.2, 0.25) is 0 Å². The Labute approximate surface area is 225 Å². The Kier molecular flexibility index (Phi) is 8.38. The SMILES string of the molecule is CCCCCN(C(=O)Nc1cccc(C(F)(F)F)c1)C(C)c1nc2ccccc2c(=O)n1-c1ccccc1C. The molecule has 0 saturated heterocycles. The van der Waals surface area contributed by atoms with Crippen molar-refractivity contribution in [2.24, 2.45) is 0 Å². The molecule has 4 aromatic rings. The number of para-hydroxylation sites is 2. The second-order valence-electron chi connectivity index (χ2n) is 9.50. The third-order valence-corrected chi connectivity index (χ3v) is 6.70. The Morgan fingerprint density at radius 2 is 1.74 bits per heavy atom. The van der Waals surface area contributed by atoms with E-state index in [9.17, 15) is 22.8 Å². The lowest BCUT2D eigenvalue weighted by molar-refractivity contribution is -0.137. The van der Waals surface area contributed by atoms with E-state index in [4.69, 9.17) is 4.98 Å². The molecule has 9 heteroatoms. The molecule has 0 bridgehead atoms. The molecule has 0 spiro atoms. The van der Waals surface area contributed by atoms with Crippen LogP contribution in [0.4, 0.5) is 23.7 Å². The molecule has 0 saturated carbocycles. The van der Waals surface area contributed by atoms with E-state index in [2.05, 4.69) is 5.32 Å². The molecule has 0 aliphatic rings. The maximum Gasteiger partial charge on any atom is 0.416 e. The first kappa shape index (κ1) is 27.9. The highest BCUT2D eigenvalue weighted by molar-refractivity contribution is 5.89. The third-order valence-electron chi connectivity index (χ3n) is 6.70. The fourth-order valence-corrected chi connectivity index (χ4v) is 4.59. The van der Waals surface area contributed by atoms with Gasteiger partial charge in [0.25, 0.3) is 5.56 Å². The van der Waals surface area contributed by atoms with Crippen LogP contribution in [0.1, 0.15) is 56.1 Å². The van der Waals surface area contributed by atoms with E-state index in [1.54, 1.807) is 31.2 Å². The van der Waals surface area contributed by atoms with Gasteiger partial charge in [0.15, 0.2) is 0 Å². The molecular formula is C30H31F3N4O2. The summed E-state index contributed by atoms with van der Waals surface area (Å²) in [6.07, 6.45) is -2.08. The zero-order chi connectivity index (χ0) is 28.2. The lowest BCUT2D eigenvalue weighted by Crippen LogP contribution is -2.40. The Morgan fingerprint density at radius 1 is 1.03 bits per heavy atom. The quantitative estimate of drug-likeness (QED) is 0.237. The number of hydrogen-bond donors (Lipinski definition) is 1. The molecule has 1 N–H and O–H groups in total. The molecule has 4 rings (SSSR count). The van der Waals surface area contributed by atoms with E-state index in [0.29, 0.717) is 35.4 Å². The maximum atomic E-state index is 13.8. The second kappa shape index (κ2) is 11.7. The Balaban J connectivity index is 1.80. The van der Waals surface area contributed by atoms with Crippen LogP contribution in [0, 0.1) is 6.92 Å². The first-order valence-electron chi connectivity index (χ1n) is 12.9. The average molecular weight is 537 g/mol. The van der Waals surface area contributed by atoms with Crippen molar-refractivity contribution in [2.45, 2.75) is 52.3 Å². The molecule has 39 heavy (non-hydrogen) atoms. The topological polar surface area (TPSA) is 67.2 Å². The van der Waals surface area contributed by atoms with Crippen molar-refractivity contribution in [1.82, 2.24) is 14.5 Å². The molecule has 1 heterocycles. The van der Waals surface area contributed by atoms with E-state index in [-0.39, 0.29) is 11.2 Å². The van der Waals surface area contributed by atoms with Crippen molar-refractivity contribution in [3.05, 3.63) is 100 Å². The number of halogens is 3. The van der Waals surface area contributed by atoms with Gasteiger partial charge >= 0.3 is 12.2 Å². The van der Waals surface area contributed by atoms with Crippen LogP contribution in [0.15, 0.2) is 77.6 Å². The summed E-state index contributed by atoms with van der Waals surface area (Å²) < 4.78 is 41.3. The molecule has 6 nitrogen and oxygen atoms in total. The Bertz CT molecular complexity index is 1530. The van der Waals surface area contributed by atoms with Crippen LogP contribution in [0.3, 0.4) is 0 Å². The van der Waals surface area contributed by atoms with Gasteiger partial charge in [-0.1, -0.05) is 56.2 Å². The fourth-order valence-electron chi connectivity index (χ4n) is 4.59. The molecule has 2 amide bonds. The largest absolute Gasteiger partial charge is 0.416 e.